The number of nitrogens with zero attached hydrogens (tertiary/aromatic N) is 2. The Morgan fingerprint density at radius 1 is 0.929 bits per heavy atom. The fraction of sp³-hybridized carbons (Fsp3) is 0.308. The third-order valence-electron chi connectivity index (χ3n) is 7.47. The first kappa shape index (κ1) is 16.2. The van der Waals surface area contributed by atoms with Gasteiger partial charge in [-0.2, -0.15) is 0 Å². The lowest BCUT2D eigenvalue weighted by Gasteiger charge is -2.60. The van der Waals surface area contributed by atoms with E-state index in [1.54, 1.807) is 0 Å². The van der Waals surface area contributed by atoms with Gasteiger partial charge in [-0.15, -0.1) is 0 Å². The average molecular weight is 364 g/mol. The first-order valence-electron chi connectivity index (χ1n) is 10.3. The van der Waals surface area contributed by atoms with Crippen molar-refractivity contribution in [2.45, 2.75) is 38.5 Å². The first-order valence-corrected chi connectivity index (χ1v) is 10.3. The Hall–Kier alpha value is -2.74. The van der Waals surface area contributed by atoms with Crippen LogP contribution in [-0.2, 0) is 6.42 Å². The van der Waals surface area contributed by atoms with E-state index in [1.807, 2.05) is 12.3 Å². The van der Waals surface area contributed by atoms with Gasteiger partial charge in [0.15, 0.2) is 0 Å². The molecule has 0 amide bonds. The molecule has 2 bridgehead atoms. The Kier molecular flexibility index (Phi) is 3.27. The van der Waals surface area contributed by atoms with E-state index in [4.69, 9.17) is 4.98 Å². The molecule has 0 radical (unpaired) electrons. The fourth-order valence-electron chi connectivity index (χ4n) is 5.85. The highest BCUT2D eigenvalue weighted by Crippen LogP contribution is 2.66. The summed E-state index contributed by atoms with van der Waals surface area (Å²) in [6.07, 6.45) is 4.26. The van der Waals surface area contributed by atoms with Crippen molar-refractivity contribution in [3.63, 3.8) is 0 Å². The fourth-order valence-corrected chi connectivity index (χ4v) is 5.85. The minimum absolute atomic E-state index is 0.358. The molecule has 1 fully saturated rings. The van der Waals surface area contributed by atoms with Crippen LogP contribution in [0.25, 0.3) is 21.8 Å². The number of hydrogen-bond acceptors (Lipinski definition) is 2. The van der Waals surface area contributed by atoms with Gasteiger partial charge in [0.2, 0.25) is 0 Å². The van der Waals surface area contributed by atoms with Gasteiger partial charge < -0.3 is 0 Å². The van der Waals surface area contributed by atoms with E-state index in [2.05, 4.69) is 73.4 Å². The smallest absolute Gasteiger partial charge is 0.0968 e. The highest BCUT2D eigenvalue weighted by atomic mass is 14.8. The van der Waals surface area contributed by atoms with Gasteiger partial charge in [-0.1, -0.05) is 62.4 Å². The van der Waals surface area contributed by atoms with Gasteiger partial charge >= 0.3 is 0 Å². The van der Waals surface area contributed by atoms with Gasteiger partial charge in [0.25, 0.3) is 0 Å². The summed E-state index contributed by atoms with van der Waals surface area (Å²) in [5.41, 5.74) is 6.68. The quantitative estimate of drug-likeness (QED) is 0.393. The van der Waals surface area contributed by atoms with Gasteiger partial charge in [-0.05, 0) is 53.4 Å². The molecule has 2 aromatic heterocycles. The second kappa shape index (κ2) is 5.64. The largest absolute Gasteiger partial charge is 0.254 e. The van der Waals surface area contributed by atoms with Crippen LogP contribution in [0.1, 0.15) is 48.9 Å². The predicted octanol–water partition coefficient (Wildman–Crippen LogP) is 6.25. The van der Waals surface area contributed by atoms with Crippen molar-refractivity contribution in [3.05, 3.63) is 83.7 Å². The highest BCUT2D eigenvalue weighted by molar-refractivity contribution is 6.02. The van der Waals surface area contributed by atoms with Gasteiger partial charge in [-0.3, -0.25) is 4.98 Å². The topological polar surface area (TPSA) is 25.8 Å². The molecule has 1 saturated carbocycles. The Morgan fingerprint density at radius 2 is 1.75 bits per heavy atom. The SMILES string of the molecule is CC1(C)[C@@H]2C[C@H]1[C@@H](Cc1ccccc1)c1nc3c(ccc4cccnc43)cc12. The standard InChI is InChI=1S/C26H24N2/c1-26(2)21-15-22(26)20-14-18-11-10-17-9-6-12-27-23(17)24(18)28-25(20)19(21)13-16-7-4-3-5-8-16/h3-12,14,19,21-22H,13,15H2,1-2H3/t19-,21+,22-/m1/s1. The summed E-state index contributed by atoms with van der Waals surface area (Å²) < 4.78 is 0. The van der Waals surface area contributed by atoms with Crippen LogP contribution in [0.3, 0.4) is 0 Å². The summed E-state index contributed by atoms with van der Waals surface area (Å²) >= 11 is 0. The molecule has 0 saturated heterocycles. The molecule has 0 N–H and O–H groups in total. The van der Waals surface area contributed by atoms with Crippen molar-refractivity contribution >= 4 is 21.8 Å². The van der Waals surface area contributed by atoms with Gasteiger partial charge in [0.1, 0.15) is 0 Å². The number of rotatable bonds is 2. The Balaban J connectivity index is 1.58. The summed E-state index contributed by atoms with van der Waals surface area (Å²) in [5.74, 6) is 1.83. The molecule has 28 heavy (non-hydrogen) atoms. The molecule has 2 heteroatoms. The number of hydrogen-bond donors (Lipinski definition) is 0. The van der Waals surface area contributed by atoms with Crippen LogP contribution in [0.2, 0.25) is 0 Å². The van der Waals surface area contributed by atoms with Crippen molar-refractivity contribution in [1.82, 2.24) is 9.97 Å². The monoisotopic (exact) mass is 364 g/mol. The lowest BCUT2D eigenvalue weighted by atomic mass is 9.44. The van der Waals surface area contributed by atoms with Gasteiger partial charge in [0.05, 0.1) is 11.0 Å². The van der Waals surface area contributed by atoms with Crippen molar-refractivity contribution in [1.29, 1.82) is 0 Å². The van der Waals surface area contributed by atoms with Crippen LogP contribution in [0.4, 0.5) is 0 Å². The zero-order valence-electron chi connectivity index (χ0n) is 16.4. The number of pyridine rings is 2. The maximum Gasteiger partial charge on any atom is 0.0968 e. The predicted molar refractivity (Wildman–Crippen MR) is 115 cm³/mol. The molecule has 4 aromatic rings. The van der Waals surface area contributed by atoms with E-state index in [0.29, 0.717) is 23.2 Å². The minimum atomic E-state index is 0.358. The normalized spacial score (nSPS) is 24.7. The second-order valence-corrected chi connectivity index (χ2v) is 9.19. The average Bonchev–Trinajstić information content (AvgIpc) is 2.72. The van der Waals surface area contributed by atoms with Crippen LogP contribution < -0.4 is 0 Å². The summed E-state index contributed by atoms with van der Waals surface area (Å²) in [6.45, 7) is 4.91. The molecule has 0 aliphatic heterocycles. The van der Waals surface area contributed by atoms with Gasteiger partial charge in [0, 0.05) is 28.6 Å². The molecule has 2 aromatic carbocycles. The highest BCUT2D eigenvalue weighted by Gasteiger charge is 2.57. The molecule has 2 nitrogen and oxygen atoms in total. The molecule has 0 unspecified atom stereocenters. The summed E-state index contributed by atoms with van der Waals surface area (Å²) in [7, 11) is 0. The maximum absolute atomic E-state index is 5.31. The van der Waals surface area contributed by atoms with Crippen LogP contribution in [-0.4, -0.2) is 9.97 Å². The number of fused-ring (bicyclic) bond motifs is 3. The molecule has 0 spiro atoms. The van der Waals surface area contributed by atoms with Crippen molar-refractivity contribution in [3.8, 4) is 0 Å². The Labute approximate surface area is 165 Å². The van der Waals surface area contributed by atoms with E-state index in [-0.39, 0.29) is 0 Å². The molecule has 3 aliphatic rings. The van der Waals surface area contributed by atoms with E-state index in [1.165, 1.54) is 34.0 Å². The first-order chi connectivity index (χ1) is 13.6. The molecule has 2 heterocycles. The lowest BCUT2D eigenvalue weighted by Crippen LogP contribution is -2.51. The molecular formula is C26H24N2. The van der Waals surface area contributed by atoms with E-state index >= 15 is 0 Å². The third-order valence-corrected chi connectivity index (χ3v) is 7.47. The Morgan fingerprint density at radius 3 is 2.57 bits per heavy atom. The molecule has 7 rings (SSSR count). The van der Waals surface area contributed by atoms with E-state index in [9.17, 15) is 0 Å². The lowest BCUT2D eigenvalue weighted by molar-refractivity contribution is -0.00725. The summed E-state index contributed by atoms with van der Waals surface area (Å²) in [4.78, 5) is 9.97. The number of aromatic nitrogens is 2. The molecule has 3 atom stereocenters. The zero-order chi connectivity index (χ0) is 18.9. The number of benzene rings is 2. The van der Waals surface area contributed by atoms with Crippen LogP contribution >= 0.6 is 0 Å². The van der Waals surface area contributed by atoms with Crippen molar-refractivity contribution < 1.29 is 0 Å². The van der Waals surface area contributed by atoms with Crippen LogP contribution in [0, 0.1) is 11.3 Å². The third kappa shape index (κ3) is 2.15. The summed E-state index contributed by atoms with van der Waals surface area (Å²) in [6, 6.07) is 21.9. The van der Waals surface area contributed by atoms with Crippen molar-refractivity contribution in [2.75, 3.05) is 0 Å². The Bertz CT molecular complexity index is 1210. The van der Waals surface area contributed by atoms with Gasteiger partial charge in [-0.25, -0.2) is 4.98 Å². The van der Waals surface area contributed by atoms with E-state index in [0.717, 1.165) is 17.5 Å². The zero-order valence-corrected chi connectivity index (χ0v) is 16.4. The molecule has 3 aliphatic carbocycles. The molecule has 138 valence electrons. The van der Waals surface area contributed by atoms with Crippen LogP contribution in [0.15, 0.2) is 66.9 Å². The maximum atomic E-state index is 5.31. The summed E-state index contributed by atoms with van der Waals surface area (Å²) in [5, 5.41) is 2.40. The second-order valence-electron chi connectivity index (χ2n) is 9.19. The van der Waals surface area contributed by atoms with Crippen LogP contribution in [0.5, 0.6) is 0 Å². The minimum Gasteiger partial charge on any atom is -0.254 e. The molecular weight excluding hydrogens is 340 g/mol. The van der Waals surface area contributed by atoms with Crippen molar-refractivity contribution in [2.24, 2.45) is 11.3 Å². The van der Waals surface area contributed by atoms with E-state index < -0.39 is 0 Å².